The van der Waals surface area contributed by atoms with E-state index in [0.717, 1.165) is 42.3 Å². The summed E-state index contributed by atoms with van der Waals surface area (Å²) in [5, 5.41) is 0. The van der Waals surface area contributed by atoms with Gasteiger partial charge < -0.3 is 19.4 Å². The van der Waals surface area contributed by atoms with E-state index in [1.807, 2.05) is 6.07 Å². The highest BCUT2D eigenvalue weighted by atomic mass is 79.9. The normalized spacial score (nSPS) is 19.3. The number of H-pyrrole nitrogens is 1. The first-order chi connectivity index (χ1) is 11.7. The van der Waals surface area contributed by atoms with Crippen LogP contribution < -0.4 is 14.4 Å². The lowest BCUT2D eigenvalue weighted by molar-refractivity contribution is 0.169. The van der Waals surface area contributed by atoms with Gasteiger partial charge in [0, 0.05) is 32.2 Å². The molecule has 0 saturated carbocycles. The zero-order valence-electron chi connectivity index (χ0n) is 13.8. The fraction of sp³-hybridized carbons (Fsp3) is 0.444. The summed E-state index contributed by atoms with van der Waals surface area (Å²) < 4.78 is 12.4. The van der Waals surface area contributed by atoms with Gasteiger partial charge in [-0.05, 0) is 52.7 Å². The van der Waals surface area contributed by atoms with Crippen molar-refractivity contribution in [3.8, 4) is 11.5 Å². The third kappa shape index (κ3) is 3.13. The molecule has 0 amide bonds. The van der Waals surface area contributed by atoms with Gasteiger partial charge in [-0.25, -0.2) is 0 Å². The molecule has 0 aliphatic carbocycles. The van der Waals surface area contributed by atoms with E-state index in [-0.39, 0.29) is 0 Å². The lowest BCUT2D eigenvalue weighted by Gasteiger charge is -2.38. The Bertz CT molecular complexity index is 710. The molecule has 1 unspecified atom stereocenters. The number of hydrogen-bond acceptors (Lipinski definition) is 4. The Morgan fingerprint density at radius 1 is 1.00 bits per heavy atom. The lowest BCUT2D eigenvalue weighted by atomic mass is 10.0. The second-order valence-electron chi connectivity index (χ2n) is 6.29. The average Bonchev–Trinajstić information content (AvgIpc) is 3.07. The largest absolute Gasteiger partial charge is 0.486 e. The van der Waals surface area contributed by atoms with Crippen LogP contribution in [0.5, 0.6) is 11.5 Å². The van der Waals surface area contributed by atoms with Crippen molar-refractivity contribution < 1.29 is 9.47 Å². The third-order valence-corrected chi connectivity index (χ3v) is 5.35. The molecule has 4 rings (SSSR count). The fourth-order valence-corrected chi connectivity index (χ4v) is 3.76. The molecule has 2 aromatic rings. The van der Waals surface area contributed by atoms with Gasteiger partial charge in [0.25, 0.3) is 0 Å². The van der Waals surface area contributed by atoms with Crippen LogP contribution in [-0.4, -0.2) is 49.3 Å². The molecule has 1 aromatic heterocycles. The Labute approximate surface area is 150 Å². The highest BCUT2D eigenvalue weighted by molar-refractivity contribution is 9.10. The first-order valence-corrected chi connectivity index (χ1v) is 9.23. The molecule has 2 aliphatic rings. The molecule has 24 heavy (non-hydrogen) atoms. The van der Waals surface area contributed by atoms with Crippen molar-refractivity contribution in [1.29, 1.82) is 0 Å². The molecule has 0 bridgehead atoms. The Morgan fingerprint density at radius 3 is 2.46 bits per heavy atom. The summed E-state index contributed by atoms with van der Waals surface area (Å²) in [7, 11) is 0. The van der Waals surface area contributed by atoms with Crippen molar-refractivity contribution in [2.75, 3.05) is 44.3 Å². The Hall–Kier alpha value is -1.66. The molecule has 1 N–H and O–H groups in total. The van der Waals surface area contributed by atoms with Crippen LogP contribution in [0.2, 0.25) is 0 Å². The highest BCUT2D eigenvalue weighted by Gasteiger charge is 2.24. The predicted molar refractivity (Wildman–Crippen MR) is 98.1 cm³/mol. The van der Waals surface area contributed by atoms with Gasteiger partial charge in [0.15, 0.2) is 11.5 Å². The molecule has 1 aromatic carbocycles. The molecule has 1 fully saturated rings. The van der Waals surface area contributed by atoms with E-state index in [2.05, 4.69) is 61.9 Å². The van der Waals surface area contributed by atoms with Crippen LogP contribution in [0.25, 0.3) is 0 Å². The van der Waals surface area contributed by atoms with Crippen molar-refractivity contribution >= 4 is 21.7 Å². The maximum atomic E-state index is 5.72. The van der Waals surface area contributed by atoms with E-state index >= 15 is 0 Å². The second kappa shape index (κ2) is 6.69. The molecule has 1 atom stereocenters. The molecule has 1 saturated heterocycles. The van der Waals surface area contributed by atoms with Gasteiger partial charge in [-0.2, -0.15) is 0 Å². The number of anilines is 1. The van der Waals surface area contributed by atoms with Crippen LogP contribution in [0.4, 0.5) is 5.82 Å². The minimum Gasteiger partial charge on any atom is -0.486 e. The lowest BCUT2D eigenvalue weighted by Crippen LogP contribution is -2.47. The smallest absolute Gasteiger partial charge is 0.161 e. The monoisotopic (exact) mass is 391 g/mol. The Balaban J connectivity index is 1.41. The first-order valence-electron chi connectivity index (χ1n) is 8.44. The molecular weight excluding hydrogens is 370 g/mol. The van der Waals surface area contributed by atoms with Crippen molar-refractivity contribution in [1.82, 2.24) is 9.88 Å². The number of piperazine rings is 1. The minimum absolute atomic E-state index is 0.373. The van der Waals surface area contributed by atoms with E-state index in [1.165, 1.54) is 11.4 Å². The van der Waals surface area contributed by atoms with E-state index in [9.17, 15) is 0 Å². The van der Waals surface area contributed by atoms with Crippen LogP contribution >= 0.6 is 15.9 Å². The molecule has 2 aliphatic heterocycles. The molecule has 0 radical (unpaired) electrons. The topological polar surface area (TPSA) is 40.7 Å². The van der Waals surface area contributed by atoms with Gasteiger partial charge in [0.05, 0.1) is 4.60 Å². The number of benzene rings is 1. The van der Waals surface area contributed by atoms with Gasteiger partial charge in [-0.15, -0.1) is 0 Å². The molecule has 128 valence electrons. The van der Waals surface area contributed by atoms with Gasteiger partial charge in [0.1, 0.15) is 19.0 Å². The highest BCUT2D eigenvalue weighted by Crippen LogP contribution is 2.34. The zero-order valence-corrected chi connectivity index (χ0v) is 15.4. The van der Waals surface area contributed by atoms with Crippen LogP contribution in [0.1, 0.15) is 18.5 Å². The van der Waals surface area contributed by atoms with E-state index in [1.54, 1.807) is 0 Å². The Kier molecular flexibility index (Phi) is 4.41. The second-order valence-corrected chi connectivity index (χ2v) is 7.15. The third-order valence-electron chi connectivity index (χ3n) is 4.89. The molecule has 0 spiro atoms. The summed E-state index contributed by atoms with van der Waals surface area (Å²) in [4.78, 5) is 8.28. The average molecular weight is 392 g/mol. The van der Waals surface area contributed by atoms with Crippen LogP contribution in [0.15, 0.2) is 34.9 Å². The van der Waals surface area contributed by atoms with Crippen LogP contribution in [0, 0.1) is 0 Å². The summed E-state index contributed by atoms with van der Waals surface area (Å²) >= 11 is 3.48. The number of fused-ring (bicyclic) bond motifs is 1. The summed E-state index contributed by atoms with van der Waals surface area (Å²) in [5.41, 5.74) is 1.29. The summed E-state index contributed by atoms with van der Waals surface area (Å²) in [5.74, 6) is 2.92. The van der Waals surface area contributed by atoms with Crippen molar-refractivity contribution in [3.05, 3.63) is 40.5 Å². The number of ether oxygens (including phenoxy) is 2. The van der Waals surface area contributed by atoms with Gasteiger partial charge in [0.2, 0.25) is 0 Å². The van der Waals surface area contributed by atoms with E-state index in [4.69, 9.17) is 9.47 Å². The predicted octanol–water partition coefficient (Wildman–Crippen LogP) is 3.43. The summed E-state index contributed by atoms with van der Waals surface area (Å²) in [6, 6.07) is 10.9. The summed E-state index contributed by atoms with van der Waals surface area (Å²) in [6.07, 6.45) is 0. The minimum atomic E-state index is 0.373. The van der Waals surface area contributed by atoms with E-state index in [0.29, 0.717) is 19.3 Å². The standard InChI is InChI=1S/C18H22BrN3O2/c1-13(14-2-3-15-16(12-14)24-11-10-23-15)21-6-8-22(9-7-21)18-5-4-17(19)20-18/h2-5,12-13,20H,6-11H2,1H3. The Morgan fingerprint density at radius 2 is 1.75 bits per heavy atom. The van der Waals surface area contributed by atoms with Gasteiger partial charge in [-0.1, -0.05) is 6.07 Å². The van der Waals surface area contributed by atoms with Crippen molar-refractivity contribution in [2.24, 2.45) is 0 Å². The number of hydrogen-bond donors (Lipinski definition) is 1. The maximum Gasteiger partial charge on any atom is 0.161 e. The molecular formula is C18H22BrN3O2. The van der Waals surface area contributed by atoms with Crippen molar-refractivity contribution in [3.63, 3.8) is 0 Å². The van der Waals surface area contributed by atoms with Crippen molar-refractivity contribution in [2.45, 2.75) is 13.0 Å². The number of aromatic nitrogens is 1. The zero-order chi connectivity index (χ0) is 16.5. The number of rotatable bonds is 3. The van der Waals surface area contributed by atoms with Gasteiger partial charge in [-0.3, -0.25) is 4.90 Å². The number of aromatic amines is 1. The van der Waals surface area contributed by atoms with Gasteiger partial charge >= 0.3 is 0 Å². The van der Waals surface area contributed by atoms with Crippen LogP contribution in [0.3, 0.4) is 0 Å². The fourth-order valence-electron chi connectivity index (χ4n) is 3.42. The maximum absolute atomic E-state index is 5.72. The number of nitrogens with zero attached hydrogens (tertiary/aromatic N) is 2. The molecule has 5 nitrogen and oxygen atoms in total. The quantitative estimate of drug-likeness (QED) is 0.869. The number of nitrogens with one attached hydrogen (secondary N) is 1. The first kappa shape index (κ1) is 15.8. The number of halogens is 1. The van der Waals surface area contributed by atoms with Crippen LogP contribution in [-0.2, 0) is 0 Å². The van der Waals surface area contributed by atoms with E-state index < -0.39 is 0 Å². The molecule has 3 heterocycles. The SMILES string of the molecule is CC(c1ccc2c(c1)OCCO2)N1CCN(c2ccc(Br)[nH]2)CC1. The summed E-state index contributed by atoms with van der Waals surface area (Å²) in [6.45, 7) is 7.70. The molecule has 6 heteroatoms.